The number of alkyl halides is 3. The minimum atomic E-state index is -4.39. The topological polar surface area (TPSA) is 63.2 Å². The van der Waals surface area contributed by atoms with Crippen molar-refractivity contribution < 1.29 is 13.2 Å². The maximum Gasteiger partial charge on any atom is 0.416 e. The number of hydrogen-bond acceptors (Lipinski definition) is 0. The SMILES string of the molecule is FC(F)(F)c1ccc(-c2cc3[nH]c2C=c2[nH]c(c4c2ccc2ccccc24)=Cc2ccc([nH]2)C=c2ccc([nH]2)=C3)cc1. The van der Waals surface area contributed by atoms with Crippen molar-refractivity contribution in [2.45, 2.75) is 6.18 Å². The van der Waals surface area contributed by atoms with E-state index in [1.165, 1.54) is 12.1 Å². The molecule has 0 saturated carbocycles. The van der Waals surface area contributed by atoms with Gasteiger partial charge in [-0.05, 0) is 83.1 Å². The Kier molecular flexibility index (Phi) is 5.25. The van der Waals surface area contributed by atoms with E-state index in [2.05, 4.69) is 68.5 Å². The summed E-state index contributed by atoms with van der Waals surface area (Å²) in [5.74, 6) is 0. The van der Waals surface area contributed by atoms with E-state index in [0.29, 0.717) is 5.56 Å². The molecule has 0 spiro atoms. The Morgan fingerprint density at radius 3 is 2.05 bits per heavy atom. The Bertz CT molecular complexity index is 2390. The van der Waals surface area contributed by atoms with Gasteiger partial charge < -0.3 is 19.9 Å². The van der Waals surface area contributed by atoms with Gasteiger partial charge in [0.15, 0.2) is 0 Å². The van der Waals surface area contributed by atoms with Crippen LogP contribution in [0.15, 0.2) is 91.0 Å². The number of benzene rings is 3. The van der Waals surface area contributed by atoms with Crippen LogP contribution in [0.25, 0.3) is 57.0 Å². The molecule has 0 fully saturated rings. The van der Waals surface area contributed by atoms with Crippen LogP contribution >= 0.6 is 0 Å². The Morgan fingerprint density at radius 1 is 0.524 bits per heavy atom. The van der Waals surface area contributed by atoms with Gasteiger partial charge in [0, 0.05) is 60.5 Å². The first-order valence-corrected chi connectivity index (χ1v) is 13.6. The molecule has 7 aromatic rings. The van der Waals surface area contributed by atoms with E-state index in [1.807, 2.05) is 42.5 Å². The summed E-state index contributed by atoms with van der Waals surface area (Å²) in [4.78, 5) is 14.1. The molecule has 1 aliphatic heterocycles. The Balaban J connectivity index is 1.45. The molecule has 8 rings (SSSR count). The smallest absolute Gasteiger partial charge is 0.355 e. The lowest BCUT2D eigenvalue weighted by Gasteiger charge is -2.07. The van der Waals surface area contributed by atoms with Crippen LogP contribution in [0.4, 0.5) is 13.2 Å². The number of hydrogen-bond donors (Lipinski definition) is 4. The number of H-pyrrole nitrogens is 4. The molecule has 204 valence electrons. The second-order valence-electron chi connectivity index (χ2n) is 10.6. The van der Waals surface area contributed by atoms with Gasteiger partial charge in [-0.3, -0.25) is 0 Å². The van der Waals surface area contributed by atoms with Crippen molar-refractivity contribution in [3.05, 3.63) is 141 Å². The van der Waals surface area contributed by atoms with Crippen LogP contribution in [0.5, 0.6) is 0 Å². The molecule has 0 aliphatic carbocycles. The van der Waals surface area contributed by atoms with Crippen molar-refractivity contribution >= 4 is 45.8 Å². The first-order valence-electron chi connectivity index (χ1n) is 13.6. The maximum absolute atomic E-state index is 13.3. The van der Waals surface area contributed by atoms with Crippen LogP contribution in [-0.2, 0) is 6.18 Å². The summed E-state index contributed by atoms with van der Waals surface area (Å²) in [6.07, 6.45) is 3.80. The Hall–Kier alpha value is -5.43. The number of fused-ring (bicyclic) bond motifs is 13. The quantitative estimate of drug-likeness (QED) is 0.203. The molecule has 4 nitrogen and oxygen atoms in total. The molecule has 0 atom stereocenters. The second-order valence-corrected chi connectivity index (χ2v) is 10.6. The van der Waals surface area contributed by atoms with Crippen LogP contribution in [0.2, 0.25) is 0 Å². The molecule has 42 heavy (non-hydrogen) atoms. The molecule has 4 aromatic heterocycles. The van der Waals surface area contributed by atoms with Crippen LogP contribution in [-0.4, -0.2) is 19.9 Å². The third kappa shape index (κ3) is 4.18. The van der Waals surface area contributed by atoms with Gasteiger partial charge in [-0.1, -0.05) is 48.5 Å². The third-order valence-corrected chi connectivity index (χ3v) is 7.82. The van der Waals surface area contributed by atoms with Crippen LogP contribution in [0, 0.1) is 0 Å². The van der Waals surface area contributed by atoms with E-state index in [9.17, 15) is 13.2 Å². The van der Waals surface area contributed by atoms with Gasteiger partial charge in [0.05, 0.1) is 5.56 Å². The van der Waals surface area contributed by atoms with Crippen molar-refractivity contribution in [3.63, 3.8) is 0 Å². The predicted octanol–water partition coefficient (Wildman–Crippen LogP) is 5.62. The van der Waals surface area contributed by atoms with Gasteiger partial charge in [0.1, 0.15) is 0 Å². The zero-order valence-corrected chi connectivity index (χ0v) is 22.1. The lowest BCUT2D eigenvalue weighted by atomic mass is 10.0. The molecule has 3 aromatic carbocycles. The average Bonchev–Trinajstić information content (AvgIpc) is 3.77. The highest BCUT2D eigenvalue weighted by Crippen LogP contribution is 2.32. The van der Waals surface area contributed by atoms with E-state index in [1.54, 1.807) is 0 Å². The summed E-state index contributed by atoms with van der Waals surface area (Å²) in [6.45, 7) is 0. The largest absolute Gasteiger partial charge is 0.416 e. The monoisotopic (exact) mass is 556 g/mol. The van der Waals surface area contributed by atoms with Gasteiger partial charge >= 0.3 is 6.18 Å². The van der Waals surface area contributed by atoms with E-state index in [4.69, 9.17) is 0 Å². The number of nitrogens with one attached hydrogen (secondary N) is 4. The molecule has 4 N–H and O–H groups in total. The lowest BCUT2D eigenvalue weighted by molar-refractivity contribution is -0.137. The summed E-state index contributed by atoms with van der Waals surface area (Å²) in [5.41, 5.74) is 4.37. The number of aromatic nitrogens is 4. The zero-order valence-electron chi connectivity index (χ0n) is 22.1. The summed E-state index contributed by atoms with van der Waals surface area (Å²) in [7, 11) is 0. The van der Waals surface area contributed by atoms with Gasteiger partial charge in [-0.15, -0.1) is 0 Å². The fraction of sp³-hybridized carbons (Fsp3) is 0.0286. The average molecular weight is 557 g/mol. The highest BCUT2D eigenvalue weighted by atomic mass is 19.4. The summed E-state index contributed by atoms with van der Waals surface area (Å²) in [5, 5.41) is 8.14. The normalized spacial score (nSPS) is 12.9. The fourth-order valence-corrected chi connectivity index (χ4v) is 5.88. The van der Waals surface area contributed by atoms with Gasteiger partial charge in [0.25, 0.3) is 0 Å². The summed E-state index contributed by atoms with van der Waals surface area (Å²) >= 11 is 0. The summed E-state index contributed by atoms with van der Waals surface area (Å²) < 4.78 is 39.9. The van der Waals surface area contributed by atoms with Crippen molar-refractivity contribution in [1.29, 1.82) is 0 Å². The fourth-order valence-electron chi connectivity index (χ4n) is 5.88. The van der Waals surface area contributed by atoms with E-state index >= 15 is 0 Å². The lowest BCUT2D eigenvalue weighted by Crippen LogP contribution is -2.11. The summed E-state index contributed by atoms with van der Waals surface area (Å²) in [6, 6.07) is 27.9. The Morgan fingerprint density at radius 2 is 1.26 bits per heavy atom. The molecular weight excluding hydrogens is 533 g/mol. The van der Waals surface area contributed by atoms with Crippen molar-refractivity contribution in [2.24, 2.45) is 0 Å². The maximum atomic E-state index is 13.3. The number of halogens is 3. The first kappa shape index (κ1) is 24.4. The molecule has 1 aliphatic rings. The number of aromatic amines is 4. The second kappa shape index (κ2) is 9.04. The molecule has 0 saturated heterocycles. The van der Waals surface area contributed by atoms with Crippen LogP contribution < -0.4 is 21.4 Å². The molecule has 8 bridgehead atoms. The first-order chi connectivity index (χ1) is 20.4. The van der Waals surface area contributed by atoms with Gasteiger partial charge in [0.2, 0.25) is 0 Å². The highest BCUT2D eigenvalue weighted by molar-refractivity contribution is 6.08. The molecule has 0 amide bonds. The van der Waals surface area contributed by atoms with Crippen molar-refractivity contribution in [2.75, 3.05) is 0 Å². The molecule has 0 radical (unpaired) electrons. The minimum absolute atomic E-state index is 0.672. The zero-order chi connectivity index (χ0) is 28.4. The van der Waals surface area contributed by atoms with Crippen LogP contribution in [0.3, 0.4) is 0 Å². The Labute approximate surface area is 236 Å². The number of rotatable bonds is 1. The standard InChI is InChI=1S/C35H23F3N4/c36-35(37,38)22-8-5-21(6-9-22)30-17-27-16-25-11-10-23(39-25)15-24-12-13-26(40-24)18-33-34-28-4-2-1-3-20(28)7-14-29(34)31(42-33)19-32(30)41-27/h1-19,39-42H. The minimum Gasteiger partial charge on any atom is -0.355 e. The molecule has 5 heterocycles. The van der Waals surface area contributed by atoms with Crippen molar-refractivity contribution in [1.82, 2.24) is 19.9 Å². The molecule has 7 heteroatoms. The van der Waals surface area contributed by atoms with Crippen molar-refractivity contribution in [3.8, 4) is 11.1 Å². The molecule has 0 unspecified atom stereocenters. The van der Waals surface area contributed by atoms with Crippen LogP contribution in [0.1, 0.15) is 28.3 Å². The predicted molar refractivity (Wildman–Crippen MR) is 161 cm³/mol. The molecular formula is C35H23F3N4. The van der Waals surface area contributed by atoms with E-state index < -0.39 is 11.7 Å². The third-order valence-electron chi connectivity index (χ3n) is 7.82. The van der Waals surface area contributed by atoms with Gasteiger partial charge in [-0.25, -0.2) is 0 Å². The van der Waals surface area contributed by atoms with Gasteiger partial charge in [-0.2, -0.15) is 13.2 Å². The highest BCUT2D eigenvalue weighted by Gasteiger charge is 2.30. The van der Waals surface area contributed by atoms with E-state index in [0.717, 1.165) is 83.4 Å². The van der Waals surface area contributed by atoms with E-state index in [-0.39, 0.29) is 0 Å².